The molecule has 3 rings (SSSR count). The molecule has 2 atom stereocenters. The van der Waals surface area contributed by atoms with Crippen LogP contribution in [0.2, 0.25) is 5.02 Å². The summed E-state index contributed by atoms with van der Waals surface area (Å²) in [5, 5.41) is 0.555. The Balaban J connectivity index is 1.59. The maximum absolute atomic E-state index is 13.0. The molecule has 0 spiro atoms. The zero-order valence-electron chi connectivity index (χ0n) is 15.2. The number of hydrogen-bond donors (Lipinski definition) is 0. The number of Topliss-reactive ketones (excluding diaryl/α,β-unsaturated/α-hetero) is 1. The molecule has 2 aromatic carbocycles. The number of benzene rings is 2. The highest BCUT2D eigenvalue weighted by molar-refractivity contribution is 6.31. The summed E-state index contributed by atoms with van der Waals surface area (Å²) in [4.78, 5) is 38.5. The molecular weight excluding hydrogens is 385 g/mol. The van der Waals surface area contributed by atoms with Crippen molar-refractivity contribution >= 4 is 29.3 Å². The molecule has 0 saturated carbocycles. The fourth-order valence-corrected chi connectivity index (χ4v) is 3.28. The maximum atomic E-state index is 13.0. The normalized spacial score (nSPS) is 17.5. The average Bonchev–Trinajstić information content (AvgIpc) is 3.04. The van der Waals surface area contributed by atoms with E-state index in [4.69, 9.17) is 16.3 Å². The summed E-state index contributed by atoms with van der Waals surface area (Å²) in [5.74, 6) is -2.29. The number of hydrogen-bond acceptors (Lipinski definition) is 4. The smallest absolute Gasteiger partial charge is 0.311 e. The number of carbonyl (C=O) groups excluding carboxylic acids is 3. The second-order valence-electron chi connectivity index (χ2n) is 6.72. The SMILES string of the molecule is C[C@@H](OC(=O)[C@@H]1CC(=O)N(Cc2ccccc2Cl)C1)C(=O)c1ccc(F)cc1. The predicted molar refractivity (Wildman–Crippen MR) is 101 cm³/mol. The van der Waals surface area contributed by atoms with Crippen LogP contribution in [0.15, 0.2) is 48.5 Å². The summed E-state index contributed by atoms with van der Waals surface area (Å²) >= 11 is 6.13. The van der Waals surface area contributed by atoms with Crippen molar-refractivity contribution in [2.75, 3.05) is 6.54 Å². The van der Waals surface area contributed by atoms with Crippen LogP contribution in [0.25, 0.3) is 0 Å². The van der Waals surface area contributed by atoms with E-state index in [1.807, 2.05) is 12.1 Å². The van der Waals surface area contributed by atoms with Crippen molar-refractivity contribution in [3.05, 3.63) is 70.5 Å². The molecule has 0 N–H and O–H groups in total. The molecule has 1 heterocycles. The van der Waals surface area contributed by atoms with Gasteiger partial charge < -0.3 is 9.64 Å². The molecule has 1 fully saturated rings. The summed E-state index contributed by atoms with van der Waals surface area (Å²) in [5.41, 5.74) is 1.05. The van der Waals surface area contributed by atoms with Crippen molar-refractivity contribution in [1.82, 2.24) is 4.90 Å². The van der Waals surface area contributed by atoms with Crippen molar-refractivity contribution in [3.63, 3.8) is 0 Å². The van der Waals surface area contributed by atoms with Crippen LogP contribution in [0.5, 0.6) is 0 Å². The highest BCUT2D eigenvalue weighted by atomic mass is 35.5. The van der Waals surface area contributed by atoms with Gasteiger partial charge in [0.2, 0.25) is 11.7 Å². The third-order valence-electron chi connectivity index (χ3n) is 4.66. The number of carbonyl (C=O) groups is 3. The number of nitrogens with zero attached hydrogens (tertiary/aromatic N) is 1. The Bertz CT molecular complexity index is 900. The summed E-state index contributed by atoms with van der Waals surface area (Å²) in [7, 11) is 0. The van der Waals surface area contributed by atoms with E-state index in [1.54, 1.807) is 17.0 Å². The van der Waals surface area contributed by atoms with Gasteiger partial charge in [0.05, 0.1) is 5.92 Å². The van der Waals surface area contributed by atoms with Gasteiger partial charge in [-0.1, -0.05) is 29.8 Å². The Morgan fingerprint density at radius 3 is 2.57 bits per heavy atom. The molecular formula is C21H19ClFNO4. The van der Waals surface area contributed by atoms with Crippen LogP contribution < -0.4 is 0 Å². The Hall–Kier alpha value is -2.73. The van der Waals surface area contributed by atoms with Gasteiger partial charge in [0.1, 0.15) is 5.82 Å². The molecule has 1 aliphatic rings. The van der Waals surface area contributed by atoms with E-state index < -0.39 is 29.6 Å². The highest BCUT2D eigenvalue weighted by Crippen LogP contribution is 2.25. The molecule has 0 bridgehead atoms. The van der Waals surface area contributed by atoms with Gasteiger partial charge in [-0.15, -0.1) is 0 Å². The van der Waals surface area contributed by atoms with Crippen LogP contribution in [-0.2, 0) is 20.9 Å². The van der Waals surface area contributed by atoms with Gasteiger partial charge in [-0.25, -0.2) is 4.39 Å². The highest BCUT2D eigenvalue weighted by Gasteiger charge is 2.36. The largest absolute Gasteiger partial charge is 0.454 e. The lowest BCUT2D eigenvalue weighted by atomic mass is 10.1. The molecule has 1 saturated heterocycles. The lowest BCUT2D eigenvalue weighted by Crippen LogP contribution is -2.30. The molecule has 0 aliphatic carbocycles. The van der Waals surface area contributed by atoms with Crippen molar-refractivity contribution in [2.24, 2.45) is 5.92 Å². The topological polar surface area (TPSA) is 63.7 Å². The van der Waals surface area contributed by atoms with Gasteiger partial charge in [0.15, 0.2) is 6.10 Å². The molecule has 0 aromatic heterocycles. The minimum atomic E-state index is -1.02. The minimum absolute atomic E-state index is 0.0285. The lowest BCUT2D eigenvalue weighted by Gasteiger charge is -2.18. The van der Waals surface area contributed by atoms with Gasteiger partial charge in [-0.3, -0.25) is 14.4 Å². The number of rotatable bonds is 6. The van der Waals surface area contributed by atoms with Gasteiger partial charge in [-0.2, -0.15) is 0 Å². The fraction of sp³-hybridized carbons (Fsp3) is 0.286. The van der Waals surface area contributed by atoms with E-state index in [2.05, 4.69) is 0 Å². The zero-order valence-corrected chi connectivity index (χ0v) is 16.0. The molecule has 1 aliphatic heterocycles. The van der Waals surface area contributed by atoms with E-state index in [-0.39, 0.29) is 24.4 Å². The number of likely N-dealkylation sites (tertiary alicyclic amines) is 1. The number of esters is 1. The minimum Gasteiger partial charge on any atom is -0.454 e. The van der Waals surface area contributed by atoms with E-state index >= 15 is 0 Å². The van der Waals surface area contributed by atoms with Crippen molar-refractivity contribution in [1.29, 1.82) is 0 Å². The summed E-state index contributed by atoms with van der Waals surface area (Å²) < 4.78 is 18.2. The average molecular weight is 404 g/mol. The van der Waals surface area contributed by atoms with Gasteiger partial charge in [0.25, 0.3) is 0 Å². The van der Waals surface area contributed by atoms with Crippen molar-refractivity contribution < 1.29 is 23.5 Å². The van der Waals surface area contributed by atoms with Crippen LogP contribution in [0.4, 0.5) is 4.39 Å². The first-order valence-corrected chi connectivity index (χ1v) is 9.24. The van der Waals surface area contributed by atoms with E-state index in [9.17, 15) is 18.8 Å². The quantitative estimate of drug-likeness (QED) is 0.545. The third kappa shape index (κ3) is 4.57. The maximum Gasteiger partial charge on any atom is 0.311 e. The second kappa shape index (κ2) is 8.52. The number of amides is 1. The molecule has 2 aromatic rings. The Morgan fingerprint density at radius 1 is 1.21 bits per heavy atom. The summed E-state index contributed by atoms with van der Waals surface area (Å²) in [6, 6.07) is 12.2. The molecule has 0 unspecified atom stereocenters. The first-order chi connectivity index (χ1) is 13.3. The lowest BCUT2D eigenvalue weighted by molar-refractivity contribution is -0.151. The first-order valence-electron chi connectivity index (χ1n) is 8.86. The number of halogens is 2. The number of ketones is 1. The van der Waals surface area contributed by atoms with Gasteiger partial charge in [-0.05, 0) is 42.8 Å². The van der Waals surface area contributed by atoms with Crippen molar-refractivity contribution in [2.45, 2.75) is 26.0 Å². The van der Waals surface area contributed by atoms with Crippen LogP contribution in [0, 0.1) is 11.7 Å². The van der Waals surface area contributed by atoms with Crippen LogP contribution >= 0.6 is 11.6 Å². The van der Waals surface area contributed by atoms with Crippen LogP contribution in [-0.4, -0.2) is 35.2 Å². The van der Waals surface area contributed by atoms with E-state index in [0.29, 0.717) is 11.6 Å². The van der Waals surface area contributed by atoms with E-state index in [1.165, 1.54) is 31.2 Å². The Kier molecular flexibility index (Phi) is 6.09. The Labute approximate surface area is 167 Å². The number of ether oxygens (including phenoxy) is 1. The molecule has 5 nitrogen and oxygen atoms in total. The van der Waals surface area contributed by atoms with Gasteiger partial charge in [0, 0.05) is 30.1 Å². The second-order valence-corrected chi connectivity index (χ2v) is 7.12. The first kappa shape index (κ1) is 20.0. The van der Waals surface area contributed by atoms with Crippen LogP contribution in [0.1, 0.15) is 29.3 Å². The monoisotopic (exact) mass is 403 g/mol. The fourth-order valence-electron chi connectivity index (χ4n) is 3.09. The van der Waals surface area contributed by atoms with Crippen molar-refractivity contribution in [3.8, 4) is 0 Å². The summed E-state index contributed by atoms with van der Waals surface area (Å²) in [6.45, 7) is 1.98. The standard InChI is InChI=1S/C21H19ClFNO4/c1-13(20(26)14-6-8-17(23)9-7-14)28-21(27)16-10-19(25)24(12-16)11-15-4-2-3-5-18(15)22/h2-9,13,16H,10-12H2,1H3/t13-,16-/m1/s1. The molecule has 146 valence electrons. The molecule has 1 amide bonds. The Morgan fingerprint density at radius 2 is 1.89 bits per heavy atom. The third-order valence-corrected chi connectivity index (χ3v) is 5.03. The van der Waals surface area contributed by atoms with Gasteiger partial charge >= 0.3 is 5.97 Å². The van der Waals surface area contributed by atoms with E-state index in [0.717, 1.165) is 5.56 Å². The summed E-state index contributed by atoms with van der Waals surface area (Å²) in [6.07, 6.45) is -0.994. The zero-order chi connectivity index (χ0) is 20.3. The predicted octanol–water partition coefficient (Wildman–Crippen LogP) is 3.64. The molecule has 7 heteroatoms. The molecule has 0 radical (unpaired) electrons. The van der Waals surface area contributed by atoms with Crippen LogP contribution in [0.3, 0.4) is 0 Å². The molecule has 28 heavy (non-hydrogen) atoms.